The summed E-state index contributed by atoms with van der Waals surface area (Å²) >= 11 is 1.74. The van der Waals surface area contributed by atoms with E-state index in [0.717, 1.165) is 31.2 Å². The quantitative estimate of drug-likeness (QED) is 0.420. The number of guanidine groups is 1. The van der Waals surface area contributed by atoms with E-state index in [1.165, 1.54) is 5.56 Å². The molecular weight excluding hydrogens is 449 g/mol. The molecule has 1 saturated heterocycles. The van der Waals surface area contributed by atoms with E-state index >= 15 is 0 Å². The normalized spacial score (nSPS) is 19.4. The van der Waals surface area contributed by atoms with Gasteiger partial charge < -0.3 is 15.0 Å². The van der Waals surface area contributed by atoms with Crippen LogP contribution >= 0.6 is 35.3 Å². The SMILES string of the molecule is CN=C(NCC(C)c1ccsc1)N1CCOC(c2cnn(C)c2)C1.I. The Balaban J connectivity index is 0.00000225. The Morgan fingerprint density at radius 1 is 1.56 bits per heavy atom. The first-order valence-electron chi connectivity index (χ1n) is 8.25. The maximum Gasteiger partial charge on any atom is 0.193 e. The molecule has 25 heavy (non-hydrogen) atoms. The van der Waals surface area contributed by atoms with Crippen molar-refractivity contribution in [1.29, 1.82) is 0 Å². The number of hydrogen-bond donors (Lipinski definition) is 1. The molecule has 6 nitrogen and oxygen atoms in total. The molecule has 2 unspecified atom stereocenters. The molecule has 0 spiro atoms. The number of nitrogens with one attached hydrogen (secondary N) is 1. The highest BCUT2D eigenvalue weighted by Gasteiger charge is 2.25. The summed E-state index contributed by atoms with van der Waals surface area (Å²) in [5, 5.41) is 12.1. The summed E-state index contributed by atoms with van der Waals surface area (Å²) in [5.74, 6) is 1.40. The second kappa shape index (κ2) is 9.54. The number of hydrogen-bond acceptors (Lipinski definition) is 4. The van der Waals surface area contributed by atoms with Crippen molar-refractivity contribution < 1.29 is 4.74 Å². The van der Waals surface area contributed by atoms with Crippen LogP contribution in [0.4, 0.5) is 0 Å². The van der Waals surface area contributed by atoms with Crippen molar-refractivity contribution in [3.8, 4) is 0 Å². The van der Waals surface area contributed by atoms with Crippen LogP contribution in [-0.2, 0) is 11.8 Å². The molecule has 0 aliphatic carbocycles. The summed E-state index contributed by atoms with van der Waals surface area (Å²) < 4.78 is 7.72. The van der Waals surface area contributed by atoms with Crippen molar-refractivity contribution in [1.82, 2.24) is 20.0 Å². The molecular formula is C17H26IN5OS. The summed E-state index contributed by atoms with van der Waals surface area (Å²) in [4.78, 5) is 6.72. The van der Waals surface area contributed by atoms with Crippen LogP contribution < -0.4 is 5.32 Å². The molecule has 0 radical (unpaired) electrons. The first kappa shape index (κ1) is 20.2. The number of aliphatic imine (C=N–C) groups is 1. The van der Waals surface area contributed by atoms with Gasteiger partial charge in [0.1, 0.15) is 6.10 Å². The maximum atomic E-state index is 5.91. The lowest BCUT2D eigenvalue weighted by atomic mass is 10.1. The Labute approximate surface area is 170 Å². The zero-order chi connectivity index (χ0) is 16.9. The molecule has 0 aromatic carbocycles. The Hall–Kier alpha value is -1.13. The molecule has 1 N–H and O–H groups in total. The second-order valence-corrected chi connectivity index (χ2v) is 6.92. The van der Waals surface area contributed by atoms with Gasteiger partial charge in [0.05, 0.1) is 19.3 Å². The van der Waals surface area contributed by atoms with E-state index in [1.807, 2.05) is 31.2 Å². The third-order valence-electron chi connectivity index (χ3n) is 4.35. The van der Waals surface area contributed by atoms with Crippen LogP contribution in [0.2, 0.25) is 0 Å². The van der Waals surface area contributed by atoms with Crippen LogP contribution in [0, 0.1) is 0 Å². The van der Waals surface area contributed by atoms with Crippen LogP contribution in [0.1, 0.15) is 30.1 Å². The van der Waals surface area contributed by atoms with Crippen LogP contribution in [0.3, 0.4) is 0 Å². The van der Waals surface area contributed by atoms with E-state index in [-0.39, 0.29) is 30.1 Å². The van der Waals surface area contributed by atoms with Crippen molar-refractivity contribution in [3.05, 3.63) is 40.3 Å². The van der Waals surface area contributed by atoms with Gasteiger partial charge >= 0.3 is 0 Å². The van der Waals surface area contributed by atoms with E-state index < -0.39 is 0 Å². The summed E-state index contributed by atoms with van der Waals surface area (Å²) in [6, 6.07) is 2.19. The van der Waals surface area contributed by atoms with Gasteiger partial charge in [-0.15, -0.1) is 24.0 Å². The standard InChI is InChI=1S/C17H25N5OS.HI/c1-13(14-4-7-24-12-14)8-19-17(18-2)22-5-6-23-16(11-22)15-9-20-21(3)10-15;/h4,7,9-10,12-13,16H,5-6,8,11H2,1-3H3,(H,18,19);1H. The molecule has 1 aliphatic rings. The van der Waals surface area contributed by atoms with E-state index in [0.29, 0.717) is 12.5 Å². The van der Waals surface area contributed by atoms with Crippen molar-refractivity contribution >= 4 is 41.3 Å². The average Bonchev–Trinajstić information content (AvgIpc) is 3.27. The van der Waals surface area contributed by atoms with Gasteiger partial charge in [-0.2, -0.15) is 16.4 Å². The Kier molecular flexibility index (Phi) is 7.70. The van der Waals surface area contributed by atoms with Gasteiger partial charge in [-0.1, -0.05) is 6.92 Å². The van der Waals surface area contributed by atoms with Gasteiger partial charge in [-0.25, -0.2) is 0 Å². The molecule has 2 aromatic heterocycles. The number of morpholine rings is 1. The molecule has 2 atom stereocenters. The van der Waals surface area contributed by atoms with Gasteiger partial charge in [-0.05, 0) is 28.3 Å². The third kappa shape index (κ3) is 5.18. The Morgan fingerprint density at radius 2 is 2.40 bits per heavy atom. The van der Waals surface area contributed by atoms with Crippen LogP contribution in [0.25, 0.3) is 0 Å². The van der Waals surface area contributed by atoms with Crippen molar-refractivity contribution in [2.75, 3.05) is 33.3 Å². The molecule has 0 bridgehead atoms. The van der Waals surface area contributed by atoms with Gasteiger partial charge in [0.15, 0.2) is 5.96 Å². The van der Waals surface area contributed by atoms with E-state index in [2.05, 4.69) is 44.1 Å². The predicted octanol–water partition coefficient (Wildman–Crippen LogP) is 2.85. The highest BCUT2D eigenvalue weighted by atomic mass is 127. The minimum atomic E-state index is 0. The fourth-order valence-corrected chi connectivity index (χ4v) is 3.68. The van der Waals surface area contributed by atoms with E-state index in [1.54, 1.807) is 11.3 Å². The zero-order valence-electron chi connectivity index (χ0n) is 14.9. The minimum Gasteiger partial charge on any atom is -0.370 e. The monoisotopic (exact) mass is 475 g/mol. The molecule has 1 aliphatic heterocycles. The first-order valence-corrected chi connectivity index (χ1v) is 9.19. The Morgan fingerprint density at radius 3 is 3.04 bits per heavy atom. The second-order valence-electron chi connectivity index (χ2n) is 6.14. The number of aryl methyl sites for hydroxylation is 1. The number of nitrogens with zero attached hydrogens (tertiary/aromatic N) is 4. The van der Waals surface area contributed by atoms with Crippen molar-refractivity contribution in [2.45, 2.75) is 18.9 Å². The van der Waals surface area contributed by atoms with Gasteiger partial charge in [0.2, 0.25) is 0 Å². The molecule has 8 heteroatoms. The maximum absolute atomic E-state index is 5.91. The molecule has 3 heterocycles. The van der Waals surface area contributed by atoms with E-state index in [4.69, 9.17) is 4.74 Å². The number of halogens is 1. The fraction of sp³-hybridized carbons (Fsp3) is 0.529. The fourth-order valence-electron chi connectivity index (χ4n) is 2.90. The van der Waals surface area contributed by atoms with Crippen LogP contribution in [0.5, 0.6) is 0 Å². The third-order valence-corrected chi connectivity index (χ3v) is 5.05. The van der Waals surface area contributed by atoms with Crippen molar-refractivity contribution in [3.63, 3.8) is 0 Å². The highest BCUT2D eigenvalue weighted by Crippen LogP contribution is 2.22. The lowest BCUT2D eigenvalue weighted by Crippen LogP contribution is -2.48. The van der Waals surface area contributed by atoms with Gasteiger partial charge in [-0.3, -0.25) is 9.67 Å². The minimum absolute atomic E-state index is 0. The summed E-state index contributed by atoms with van der Waals surface area (Å²) in [6.07, 6.45) is 3.94. The first-order chi connectivity index (χ1) is 11.7. The smallest absolute Gasteiger partial charge is 0.193 e. The van der Waals surface area contributed by atoms with Crippen LogP contribution in [-0.4, -0.2) is 53.9 Å². The summed E-state index contributed by atoms with van der Waals surface area (Å²) in [5.41, 5.74) is 2.49. The number of thiophene rings is 1. The topological polar surface area (TPSA) is 54.7 Å². The van der Waals surface area contributed by atoms with Crippen molar-refractivity contribution in [2.24, 2.45) is 12.0 Å². The zero-order valence-corrected chi connectivity index (χ0v) is 18.0. The number of rotatable bonds is 4. The highest BCUT2D eigenvalue weighted by molar-refractivity contribution is 14.0. The number of ether oxygens (including phenoxy) is 1. The molecule has 3 rings (SSSR count). The van der Waals surface area contributed by atoms with Gasteiger partial charge in [0, 0.05) is 38.9 Å². The summed E-state index contributed by atoms with van der Waals surface area (Å²) in [6.45, 7) is 5.44. The number of aromatic nitrogens is 2. The molecule has 1 fully saturated rings. The van der Waals surface area contributed by atoms with Crippen LogP contribution in [0.15, 0.2) is 34.2 Å². The summed E-state index contributed by atoms with van der Waals surface area (Å²) in [7, 11) is 3.77. The molecule has 0 saturated carbocycles. The molecule has 2 aromatic rings. The largest absolute Gasteiger partial charge is 0.370 e. The van der Waals surface area contributed by atoms with Gasteiger partial charge in [0.25, 0.3) is 0 Å². The Bertz CT molecular complexity index is 672. The average molecular weight is 475 g/mol. The van der Waals surface area contributed by atoms with E-state index in [9.17, 15) is 0 Å². The molecule has 138 valence electrons. The molecule has 0 amide bonds. The lowest BCUT2D eigenvalue weighted by Gasteiger charge is -2.35. The predicted molar refractivity (Wildman–Crippen MR) is 113 cm³/mol. The lowest BCUT2D eigenvalue weighted by molar-refractivity contribution is -0.00803.